The van der Waals surface area contributed by atoms with Crippen LogP contribution in [0, 0.1) is 5.82 Å². The van der Waals surface area contributed by atoms with E-state index in [-0.39, 0.29) is 18.4 Å². The highest BCUT2D eigenvalue weighted by atomic mass is 19.1. The molecule has 0 aliphatic carbocycles. The summed E-state index contributed by atoms with van der Waals surface area (Å²) in [6, 6.07) is 5.41. The molecule has 4 N–H and O–H groups in total. The van der Waals surface area contributed by atoms with E-state index >= 15 is 0 Å². The number of imidazole rings is 2. The molecule has 9 nitrogen and oxygen atoms in total. The van der Waals surface area contributed by atoms with Crippen molar-refractivity contribution in [3.05, 3.63) is 48.9 Å². The predicted molar refractivity (Wildman–Crippen MR) is 94.0 cm³/mol. The third-order valence-corrected chi connectivity index (χ3v) is 3.71. The summed E-state index contributed by atoms with van der Waals surface area (Å²) in [5.41, 5.74) is 2.30. The van der Waals surface area contributed by atoms with Crippen LogP contribution in [0.4, 0.5) is 27.8 Å². The van der Waals surface area contributed by atoms with Crippen molar-refractivity contribution in [2.75, 3.05) is 17.2 Å². The van der Waals surface area contributed by atoms with Gasteiger partial charge in [0.2, 0.25) is 11.9 Å². The summed E-state index contributed by atoms with van der Waals surface area (Å²) >= 11 is 0. The summed E-state index contributed by atoms with van der Waals surface area (Å²) in [7, 11) is 0. The molecule has 0 aliphatic heterocycles. The van der Waals surface area contributed by atoms with Crippen molar-refractivity contribution in [2.45, 2.75) is 6.54 Å². The normalized spacial score (nSPS) is 11.0. The van der Waals surface area contributed by atoms with E-state index in [0.29, 0.717) is 18.2 Å². The first-order chi connectivity index (χ1) is 12.7. The lowest BCUT2D eigenvalue weighted by molar-refractivity contribution is 0.277. The Balaban J connectivity index is 1.58. The van der Waals surface area contributed by atoms with Gasteiger partial charge in [-0.3, -0.25) is 5.32 Å². The van der Waals surface area contributed by atoms with E-state index in [0.717, 1.165) is 17.2 Å². The molecule has 0 spiro atoms. The number of aromatic nitrogens is 6. The second kappa shape index (κ2) is 6.76. The van der Waals surface area contributed by atoms with Gasteiger partial charge in [-0.05, 0) is 18.2 Å². The fourth-order valence-corrected chi connectivity index (χ4v) is 2.49. The van der Waals surface area contributed by atoms with Crippen molar-refractivity contribution in [3.63, 3.8) is 0 Å². The van der Waals surface area contributed by atoms with Crippen LogP contribution in [0.1, 0.15) is 0 Å². The van der Waals surface area contributed by atoms with Gasteiger partial charge in [0.1, 0.15) is 0 Å². The maximum absolute atomic E-state index is 14.1. The van der Waals surface area contributed by atoms with Crippen molar-refractivity contribution in [1.29, 1.82) is 0 Å². The van der Waals surface area contributed by atoms with Crippen LogP contribution in [-0.4, -0.2) is 41.2 Å². The number of hydrogen-bond donors (Lipinski definition) is 4. The Labute approximate surface area is 147 Å². The smallest absolute Gasteiger partial charge is 0.231 e. The Bertz CT molecular complexity index is 1040. The molecule has 132 valence electrons. The van der Waals surface area contributed by atoms with Gasteiger partial charge in [-0.1, -0.05) is 0 Å². The molecule has 0 unspecified atom stereocenters. The Morgan fingerprint density at radius 1 is 1.19 bits per heavy atom. The molecule has 26 heavy (non-hydrogen) atoms. The van der Waals surface area contributed by atoms with Crippen LogP contribution in [0.25, 0.3) is 11.0 Å². The number of H-pyrrole nitrogens is 1. The van der Waals surface area contributed by atoms with E-state index in [9.17, 15) is 4.39 Å². The number of hydrogen-bond acceptors (Lipinski definition) is 7. The first-order valence-electron chi connectivity index (χ1n) is 7.84. The highest BCUT2D eigenvalue weighted by Gasteiger charge is 2.10. The highest BCUT2D eigenvalue weighted by Crippen LogP contribution is 2.22. The second-order valence-electron chi connectivity index (χ2n) is 5.44. The standard InChI is InChI=1S/C16H15FN8O/c17-11-8-19-15(24-16-18-3-4-25(16)5-6-26)23-14(11)22-10-1-2-12-13(7-10)21-9-20-12/h1-4,7-9,26H,5-6H2,(H,20,21)(H2,18,19,22,23,24). The third-order valence-electron chi connectivity index (χ3n) is 3.71. The molecule has 0 saturated heterocycles. The van der Waals surface area contributed by atoms with Crippen LogP contribution in [0.3, 0.4) is 0 Å². The van der Waals surface area contributed by atoms with Gasteiger partial charge in [-0.15, -0.1) is 0 Å². The fraction of sp³-hybridized carbons (Fsp3) is 0.125. The summed E-state index contributed by atoms with van der Waals surface area (Å²) < 4.78 is 15.8. The van der Waals surface area contributed by atoms with Gasteiger partial charge in [-0.25, -0.2) is 19.3 Å². The number of anilines is 4. The van der Waals surface area contributed by atoms with Crippen LogP contribution in [0.2, 0.25) is 0 Å². The van der Waals surface area contributed by atoms with Crippen LogP contribution in [0.5, 0.6) is 0 Å². The fourth-order valence-electron chi connectivity index (χ4n) is 2.49. The molecule has 3 heterocycles. The molecule has 0 amide bonds. The van der Waals surface area contributed by atoms with Gasteiger partial charge >= 0.3 is 0 Å². The molecule has 10 heteroatoms. The van der Waals surface area contributed by atoms with Crippen molar-refractivity contribution < 1.29 is 9.50 Å². The molecule has 4 aromatic rings. The number of aromatic amines is 1. The zero-order valence-corrected chi connectivity index (χ0v) is 13.5. The molecule has 0 aliphatic rings. The summed E-state index contributed by atoms with van der Waals surface area (Å²) in [6.07, 6.45) is 5.96. The number of aliphatic hydroxyl groups is 1. The average molecular weight is 354 g/mol. The van der Waals surface area contributed by atoms with E-state index < -0.39 is 5.82 Å². The number of nitrogens with zero attached hydrogens (tertiary/aromatic N) is 5. The third kappa shape index (κ3) is 3.17. The zero-order chi connectivity index (χ0) is 17.9. The minimum absolute atomic E-state index is 0.0293. The Morgan fingerprint density at radius 2 is 2.12 bits per heavy atom. The van der Waals surface area contributed by atoms with Gasteiger partial charge in [0.15, 0.2) is 11.6 Å². The van der Waals surface area contributed by atoms with Crippen molar-refractivity contribution in [2.24, 2.45) is 0 Å². The average Bonchev–Trinajstić information content (AvgIpc) is 3.27. The SMILES string of the molecule is OCCn1ccnc1Nc1ncc(F)c(Nc2ccc3nc[nH]c3c2)n1. The number of aliphatic hydroxyl groups excluding tert-OH is 1. The molecule has 1 aromatic carbocycles. The maximum Gasteiger partial charge on any atom is 0.231 e. The monoisotopic (exact) mass is 354 g/mol. The van der Waals surface area contributed by atoms with Gasteiger partial charge in [0.25, 0.3) is 0 Å². The summed E-state index contributed by atoms with van der Waals surface area (Å²) in [5, 5.41) is 14.9. The Kier molecular flexibility index (Phi) is 4.15. The van der Waals surface area contributed by atoms with Crippen molar-refractivity contribution in [1.82, 2.24) is 29.5 Å². The molecule has 0 radical (unpaired) electrons. The molecule has 4 rings (SSSR count). The lowest BCUT2D eigenvalue weighted by atomic mass is 10.3. The highest BCUT2D eigenvalue weighted by molar-refractivity contribution is 5.79. The van der Waals surface area contributed by atoms with E-state index in [1.807, 2.05) is 12.1 Å². The molecular formula is C16H15FN8O. The quantitative estimate of drug-likeness (QED) is 0.419. The zero-order valence-electron chi connectivity index (χ0n) is 13.5. The molecule has 0 saturated carbocycles. The minimum Gasteiger partial charge on any atom is -0.395 e. The number of halogens is 1. The van der Waals surface area contributed by atoms with Gasteiger partial charge in [-0.2, -0.15) is 4.98 Å². The first kappa shape index (κ1) is 16.0. The molecule has 0 atom stereocenters. The van der Waals surface area contributed by atoms with Crippen LogP contribution < -0.4 is 10.6 Å². The van der Waals surface area contributed by atoms with Crippen LogP contribution in [-0.2, 0) is 6.54 Å². The van der Waals surface area contributed by atoms with E-state index in [1.54, 1.807) is 29.4 Å². The topological polar surface area (TPSA) is 117 Å². The van der Waals surface area contributed by atoms with E-state index in [2.05, 4.69) is 35.6 Å². The molecule has 0 bridgehead atoms. The Hall–Kier alpha value is -3.53. The maximum atomic E-state index is 14.1. The van der Waals surface area contributed by atoms with Gasteiger partial charge < -0.3 is 20.0 Å². The Morgan fingerprint density at radius 3 is 3.00 bits per heavy atom. The minimum atomic E-state index is -0.584. The van der Waals surface area contributed by atoms with Gasteiger partial charge in [0.05, 0.1) is 30.2 Å². The first-order valence-corrected chi connectivity index (χ1v) is 7.84. The number of benzene rings is 1. The lowest BCUT2D eigenvalue weighted by Gasteiger charge is -2.10. The summed E-state index contributed by atoms with van der Waals surface area (Å²) in [6.45, 7) is 0.344. The van der Waals surface area contributed by atoms with Crippen LogP contribution in [0.15, 0.2) is 43.1 Å². The predicted octanol–water partition coefficient (Wildman–Crippen LogP) is 2.17. The number of nitrogens with one attached hydrogen (secondary N) is 3. The second-order valence-corrected chi connectivity index (χ2v) is 5.44. The summed E-state index contributed by atoms with van der Waals surface area (Å²) in [4.78, 5) is 19.4. The molecule has 0 fully saturated rings. The molecule has 3 aromatic heterocycles. The van der Waals surface area contributed by atoms with Crippen molar-refractivity contribution >= 4 is 34.4 Å². The summed E-state index contributed by atoms with van der Waals surface area (Å²) in [5.74, 6) is 0.0815. The van der Waals surface area contributed by atoms with Crippen LogP contribution >= 0.6 is 0 Å². The van der Waals surface area contributed by atoms with E-state index in [4.69, 9.17) is 5.11 Å². The van der Waals surface area contributed by atoms with Crippen molar-refractivity contribution in [3.8, 4) is 0 Å². The van der Waals surface area contributed by atoms with E-state index in [1.165, 1.54) is 0 Å². The van der Waals surface area contributed by atoms with Gasteiger partial charge in [0, 0.05) is 24.6 Å². The lowest BCUT2D eigenvalue weighted by Crippen LogP contribution is -2.09. The number of rotatable bonds is 6. The number of fused-ring (bicyclic) bond motifs is 1. The molecular weight excluding hydrogens is 339 g/mol. The largest absolute Gasteiger partial charge is 0.395 e.